The molecule has 0 rings (SSSR count). The number of methoxy groups -OCH3 is 2. The van der Waals surface area contributed by atoms with Crippen molar-refractivity contribution < 1.29 is 33.9 Å². The largest absolute Gasteiger partial charge is 0.394 e. The first-order chi connectivity index (χ1) is 10.0. The van der Waals surface area contributed by atoms with Gasteiger partial charge in [0.15, 0.2) is 0 Å². The van der Waals surface area contributed by atoms with Gasteiger partial charge in [-0.1, -0.05) is 0 Å². The monoisotopic (exact) mass is 312 g/mol. The molecule has 0 amide bonds. The van der Waals surface area contributed by atoms with Crippen molar-refractivity contribution in [3.63, 3.8) is 0 Å². The molecule has 0 atom stereocenters. The second-order valence-corrected chi connectivity index (χ2v) is 4.71. The molecule has 0 aromatic heterocycles. The lowest BCUT2D eigenvalue weighted by molar-refractivity contribution is -0.0927. The number of aliphatic hydroxyl groups excluding tert-OH is 2. The van der Waals surface area contributed by atoms with Gasteiger partial charge in [0.25, 0.3) is 0 Å². The summed E-state index contributed by atoms with van der Waals surface area (Å²) in [6, 6.07) is 0. The standard InChI is InChI=1S/C12H26O5.C2H6O2/c1-12(2,17-10-6-14-4)11-16-9-8-15-7-5-13-3;3-1-2-4/h5-11H2,1-4H3;3-4H,1-2H2. The lowest BCUT2D eigenvalue weighted by atomic mass is 10.1. The molecule has 0 bridgehead atoms. The Morgan fingerprint density at radius 1 is 0.714 bits per heavy atom. The van der Waals surface area contributed by atoms with Crippen LogP contribution in [0.2, 0.25) is 0 Å². The molecule has 21 heavy (non-hydrogen) atoms. The molecule has 0 heterocycles. The van der Waals surface area contributed by atoms with Crippen LogP contribution in [0, 0.1) is 0 Å². The van der Waals surface area contributed by atoms with E-state index < -0.39 is 0 Å². The molecule has 0 saturated carbocycles. The minimum absolute atomic E-state index is 0.125. The quantitative estimate of drug-likeness (QED) is 0.466. The molecular formula is C14H32O7. The number of aliphatic hydroxyl groups is 2. The lowest BCUT2D eigenvalue weighted by Crippen LogP contribution is -2.32. The Labute approximate surface area is 128 Å². The van der Waals surface area contributed by atoms with Gasteiger partial charge in [-0.3, -0.25) is 0 Å². The topological polar surface area (TPSA) is 86.6 Å². The summed E-state index contributed by atoms with van der Waals surface area (Å²) in [5.74, 6) is 0. The van der Waals surface area contributed by atoms with Crippen LogP contribution in [-0.4, -0.2) is 89.5 Å². The van der Waals surface area contributed by atoms with Crippen LogP contribution in [0.1, 0.15) is 13.8 Å². The van der Waals surface area contributed by atoms with E-state index in [9.17, 15) is 0 Å². The zero-order valence-electron chi connectivity index (χ0n) is 13.8. The zero-order chi connectivity index (χ0) is 16.4. The van der Waals surface area contributed by atoms with E-state index in [1.165, 1.54) is 0 Å². The number of ether oxygens (including phenoxy) is 5. The van der Waals surface area contributed by atoms with Gasteiger partial charge in [-0.05, 0) is 13.8 Å². The first-order valence-electron chi connectivity index (χ1n) is 7.03. The average molecular weight is 312 g/mol. The van der Waals surface area contributed by atoms with Crippen LogP contribution in [0.25, 0.3) is 0 Å². The highest BCUT2D eigenvalue weighted by Gasteiger charge is 2.18. The maximum atomic E-state index is 7.62. The predicted octanol–water partition coefficient (Wildman–Crippen LogP) is 0.0786. The predicted molar refractivity (Wildman–Crippen MR) is 79.6 cm³/mol. The summed E-state index contributed by atoms with van der Waals surface area (Å²) in [5.41, 5.74) is -0.287. The first-order valence-corrected chi connectivity index (χ1v) is 7.03. The van der Waals surface area contributed by atoms with Gasteiger partial charge in [-0.25, -0.2) is 0 Å². The van der Waals surface area contributed by atoms with E-state index in [2.05, 4.69) is 0 Å². The SMILES string of the molecule is COCCOCCOCC(C)(C)OCCOC.OCCO. The molecule has 2 N–H and O–H groups in total. The Hall–Kier alpha value is -0.280. The Morgan fingerprint density at radius 3 is 1.71 bits per heavy atom. The third-order valence-electron chi connectivity index (χ3n) is 2.13. The minimum Gasteiger partial charge on any atom is -0.394 e. The molecule has 0 aromatic rings. The number of hydrogen-bond donors (Lipinski definition) is 2. The first kappa shape index (κ1) is 23.0. The third-order valence-corrected chi connectivity index (χ3v) is 2.13. The van der Waals surface area contributed by atoms with Gasteiger partial charge in [0.05, 0.1) is 65.1 Å². The van der Waals surface area contributed by atoms with Gasteiger partial charge in [0.2, 0.25) is 0 Å². The molecule has 130 valence electrons. The number of hydrogen-bond acceptors (Lipinski definition) is 7. The Bertz CT molecular complexity index is 186. The van der Waals surface area contributed by atoms with Crippen LogP contribution in [0.4, 0.5) is 0 Å². The zero-order valence-corrected chi connectivity index (χ0v) is 13.8. The summed E-state index contributed by atoms with van der Waals surface area (Å²) in [6.07, 6.45) is 0. The highest BCUT2D eigenvalue weighted by molar-refractivity contribution is 4.67. The molecule has 0 spiro atoms. The van der Waals surface area contributed by atoms with Gasteiger partial charge >= 0.3 is 0 Å². The van der Waals surface area contributed by atoms with Crippen LogP contribution < -0.4 is 0 Å². The highest BCUT2D eigenvalue weighted by atomic mass is 16.6. The van der Waals surface area contributed by atoms with Crippen molar-refractivity contribution in [2.24, 2.45) is 0 Å². The maximum absolute atomic E-state index is 7.62. The molecule has 0 saturated heterocycles. The summed E-state index contributed by atoms with van der Waals surface area (Å²) in [7, 11) is 3.31. The van der Waals surface area contributed by atoms with Crippen molar-refractivity contribution >= 4 is 0 Å². The highest BCUT2D eigenvalue weighted by Crippen LogP contribution is 2.09. The molecule has 0 aliphatic heterocycles. The van der Waals surface area contributed by atoms with E-state index in [-0.39, 0.29) is 18.8 Å². The molecule has 0 aliphatic carbocycles. The number of rotatable bonds is 13. The molecule has 7 nitrogen and oxygen atoms in total. The van der Waals surface area contributed by atoms with Crippen molar-refractivity contribution in [1.82, 2.24) is 0 Å². The molecule has 0 aromatic carbocycles. The van der Waals surface area contributed by atoms with E-state index in [0.29, 0.717) is 46.2 Å². The van der Waals surface area contributed by atoms with E-state index in [1.807, 2.05) is 13.8 Å². The van der Waals surface area contributed by atoms with Crippen LogP contribution in [0.15, 0.2) is 0 Å². The summed E-state index contributed by atoms with van der Waals surface area (Å²) >= 11 is 0. The summed E-state index contributed by atoms with van der Waals surface area (Å²) < 4.78 is 26.1. The molecule has 7 heteroatoms. The molecular weight excluding hydrogens is 280 g/mol. The molecule has 0 radical (unpaired) electrons. The van der Waals surface area contributed by atoms with Crippen LogP contribution in [0.5, 0.6) is 0 Å². The third kappa shape index (κ3) is 22.1. The van der Waals surface area contributed by atoms with Crippen molar-refractivity contribution in [1.29, 1.82) is 0 Å². The summed E-state index contributed by atoms with van der Waals surface area (Å²) in [4.78, 5) is 0. The fourth-order valence-electron chi connectivity index (χ4n) is 1.12. The average Bonchev–Trinajstić information content (AvgIpc) is 2.46. The van der Waals surface area contributed by atoms with Gasteiger partial charge in [-0.2, -0.15) is 0 Å². The van der Waals surface area contributed by atoms with Crippen LogP contribution in [0.3, 0.4) is 0 Å². The van der Waals surface area contributed by atoms with Crippen molar-refractivity contribution in [2.45, 2.75) is 19.4 Å². The van der Waals surface area contributed by atoms with Gasteiger partial charge < -0.3 is 33.9 Å². The maximum Gasteiger partial charge on any atom is 0.0860 e. The molecule has 0 aliphatic rings. The van der Waals surface area contributed by atoms with E-state index in [1.54, 1.807) is 14.2 Å². The van der Waals surface area contributed by atoms with Crippen molar-refractivity contribution in [2.75, 3.05) is 73.7 Å². The smallest absolute Gasteiger partial charge is 0.0860 e. The van der Waals surface area contributed by atoms with E-state index in [0.717, 1.165) is 0 Å². The fourth-order valence-corrected chi connectivity index (χ4v) is 1.12. The molecule has 0 unspecified atom stereocenters. The summed E-state index contributed by atoms with van der Waals surface area (Å²) in [5, 5.41) is 15.2. The second-order valence-electron chi connectivity index (χ2n) is 4.71. The van der Waals surface area contributed by atoms with Gasteiger partial charge in [-0.15, -0.1) is 0 Å². The Balaban J connectivity index is 0. The lowest BCUT2D eigenvalue weighted by Gasteiger charge is -2.25. The molecule has 0 fully saturated rings. The minimum atomic E-state index is -0.287. The van der Waals surface area contributed by atoms with Crippen LogP contribution >= 0.6 is 0 Å². The van der Waals surface area contributed by atoms with Crippen LogP contribution in [-0.2, 0) is 23.7 Å². The Kier molecular flexibility index (Phi) is 19.5. The normalized spacial score (nSPS) is 11.1. The summed E-state index contributed by atoms with van der Waals surface area (Å²) in [6.45, 7) is 7.84. The Morgan fingerprint density at radius 2 is 1.19 bits per heavy atom. The van der Waals surface area contributed by atoms with Crippen molar-refractivity contribution in [3.8, 4) is 0 Å². The van der Waals surface area contributed by atoms with Gasteiger partial charge in [0, 0.05) is 14.2 Å². The fraction of sp³-hybridized carbons (Fsp3) is 1.00. The van der Waals surface area contributed by atoms with Crippen molar-refractivity contribution in [3.05, 3.63) is 0 Å². The van der Waals surface area contributed by atoms with E-state index >= 15 is 0 Å². The van der Waals surface area contributed by atoms with Gasteiger partial charge in [0.1, 0.15) is 0 Å². The second kappa shape index (κ2) is 17.8. The van der Waals surface area contributed by atoms with E-state index in [4.69, 9.17) is 33.9 Å².